The molecule has 18 heavy (non-hydrogen) atoms. The van der Waals surface area contributed by atoms with Crippen molar-refractivity contribution in [2.45, 2.75) is 6.54 Å². The standard InChI is InChI=1S/C12H11BrN2O3/c1-18-11-10(12(16)17)6-14-15(11)7-8-3-2-4-9(13)5-8/h2-6H,7H2,1H3,(H,16,17). The van der Waals surface area contributed by atoms with E-state index in [2.05, 4.69) is 21.0 Å². The second kappa shape index (κ2) is 5.22. The average Bonchev–Trinajstić information content (AvgIpc) is 2.72. The quantitative estimate of drug-likeness (QED) is 0.942. The lowest BCUT2D eigenvalue weighted by molar-refractivity contribution is 0.0693. The number of carboxylic acids is 1. The Morgan fingerprint density at radius 3 is 2.94 bits per heavy atom. The number of aromatic nitrogens is 2. The first-order chi connectivity index (χ1) is 8.61. The van der Waals surface area contributed by atoms with Gasteiger partial charge in [0.25, 0.3) is 0 Å². The molecule has 94 valence electrons. The van der Waals surface area contributed by atoms with Gasteiger partial charge in [0.15, 0.2) is 0 Å². The Labute approximate surface area is 112 Å². The van der Waals surface area contributed by atoms with Gasteiger partial charge < -0.3 is 9.84 Å². The molecule has 0 amide bonds. The Morgan fingerprint density at radius 1 is 1.56 bits per heavy atom. The van der Waals surface area contributed by atoms with Crippen LogP contribution in [0.25, 0.3) is 0 Å². The van der Waals surface area contributed by atoms with Crippen molar-refractivity contribution in [1.29, 1.82) is 0 Å². The second-order valence-electron chi connectivity index (χ2n) is 3.66. The summed E-state index contributed by atoms with van der Waals surface area (Å²) in [6.07, 6.45) is 1.29. The van der Waals surface area contributed by atoms with E-state index in [1.54, 1.807) is 0 Å². The molecule has 0 fully saturated rings. The fourth-order valence-electron chi connectivity index (χ4n) is 1.66. The Bertz CT molecular complexity index is 580. The Hall–Kier alpha value is -1.82. The number of aromatic carboxylic acids is 1. The molecule has 2 aromatic rings. The van der Waals surface area contributed by atoms with Crippen molar-refractivity contribution in [2.24, 2.45) is 0 Å². The summed E-state index contributed by atoms with van der Waals surface area (Å²) in [6, 6.07) is 7.72. The fourth-order valence-corrected chi connectivity index (χ4v) is 2.10. The molecular weight excluding hydrogens is 300 g/mol. The zero-order valence-electron chi connectivity index (χ0n) is 9.63. The Balaban J connectivity index is 2.32. The topological polar surface area (TPSA) is 64.3 Å². The molecule has 2 rings (SSSR count). The molecule has 0 bridgehead atoms. The molecule has 0 saturated heterocycles. The highest BCUT2D eigenvalue weighted by molar-refractivity contribution is 9.10. The summed E-state index contributed by atoms with van der Waals surface area (Å²) in [5.41, 5.74) is 1.07. The zero-order chi connectivity index (χ0) is 13.1. The molecule has 0 spiro atoms. The van der Waals surface area contributed by atoms with Crippen LogP contribution in [0.1, 0.15) is 15.9 Å². The van der Waals surface area contributed by atoms with Crippen LogP contribution >= 0.6 is 15.9 Å². The molecule has 0 aliphatic heterocycles. The van der Waals surface area contributed by atoms with Crippen LogP contribution in [0.3, 0.4) is 0 Å². The van der Waals surface area contributed by atoms with Crippen molar-refractivity contribution < 1.29 is 14.6 Å². The van der Waals surface area contributed by atoms with Gasteiger partial charge >= 0.3 is 5.97 Å². The summed E-state index contributed by atoms with van der Waals surface area (Å²) < 4.78 is 7.57. The number of carbonyl (C=O) groups is 1. The zero-order valence-corrected chi connectivity index (χ0v) is 11.2. The van der Waals surface area contributed by atoms with E-state index in [4.69, 9.17) is 9.84 Å². The fraction of sp³-hybridized carbons (Fsp3) is 0.167. The van der Waals surface area contributed by atoms with E-state index in [-0.39, 0.29) is 11.4 Å². The minimum Gasteiger partial charge on any atom is -0.481 e. The van der Waals surface area contributed by atoms with Gasteiger partial charge in [-0.3, -0.25) is 0 Å². The molecule has 0 unspecified atom stereocenters. The van der Waals surface area contributed by atoms with Gasteiger partial charge in [0.05, 0.1) is 19.9 Å². The highest BCUT2D eigenvalue weighted by Crippen LogP contribution is 2.20. The normalized spacial score (nSPS) is 10.3. The monoisotopic (exact) mass is 310 g/mol. The van der Waals surface area contributed by atoms with Crippen LogP contribution in [-0.2, 0) is 6.54 Å². The van der Waals surface area contributed by atoms with Gasteiger partial charge in [-0.15, -0.1) is 0 Å². The molecule has 1 aromatic carbocycles. The molecule has 0 atom stereocenters. The third-order valence-electron chi connectivity index (χ3n) is 2.44. The van der Waals surface area contributed by atoms with Crippen molar-refractivity contribution in [2.75, 3.05) is 7.11 Å². The third-order valence-corrected chi connectivity index (χ3v) is 2.93. The summed E-state index contributed by atoms with van der Waals surface area (Å²) in [6.45, 7) is 0.454. The maximum absolute atomic E-state index is 11.0. The molecule has 1 N–H and O–H groups in total. The number of hydrogen-bond acceptors (Lipinski definition) is 3. The molecule has 0 aliphatic rings. The summed E-state index contributed by atoms with van der Waals surface area (Å²) in [7, 11) is 1.43. The highest BCUT2D eigenvalue weighted by Gasteiger charge is 2.17. The summed E-state index contributed by atoms with van der Waals surface area (Å²) in [4.78, 5) is 11.0. The summed E-state index contributed by atoms with van der Waals surface area (Å²) >= 11 is 3.38. The van der Waals surface area contributed by atoms with E-state index < -0.39 is 5.97 Å². The summed E-state index contributed by atoms with van der Waals surface area (Å²) in [5.74, 6) is -0.796. The lowest BCUT2D eigenvalue weighted by atomic mass is 10.2. The molecule has 0 radical (unpaired) electrons. The van der Waals surface area contributed by atoms with Crippen molar-refractivity contribution in [1.82, 2.24) is 9.78 Å². The van der Waals surface area contributed by atoms with Crippen LogP contribution in [0, 0.1) is 0 Å². The maximum Gasteiger partial charge on any atom is 0.342 e. The van der Waals surface area contributed by atoms with Crippen LogP contribution in [-0.4, -0.2) is 28.0 Å². The molecule has 6 heteroatoms. The van der Waals surface area contributed by atoms with Gasteiger partial charge in [-0.2, -0.15) is 5.10 Å². The minimum atomic E-state index is -1.05. The first-order valence-corrected chi connectivity index (χ1v) is 5.98. The van der Waals surface area contributed by atoms with Crippen molar-refractivity contribution >= 4 is 21.9 Å². The lowest BCUT2D eigenvalue weighted by Crippen LogP contribution is -2.06. The van der Waals surface area contributed by atoms with Crippen LogP contribution in [0.4, 0.5) is 0 Å². The van der Waals surface area contributed by atoms with Gasteiger partial charge in [-0.1, -0.05) is 28.1 Å². The van der Waals surface area contributed by atoms with Crippen molar-refractivity contribution in [3.05, 3.63) is 46.1 Å². The Kier molecular flexibility index (Phi) is 3.66. The van der Waals surface area contributed by atoms with E-state index >= 15 is 0 Å². The number of halogens is 1. The van der Waals surface area contributed by atoms with Gasteiger partial charge in [-0.25, -0.2) is 9.48 Å². The second-order valence-corrected chi connectivity index (χ2v) is 4.58. The minimum absolute atomic E-state index is 0.0625. The first-order valence-electron chi connectivity index (χ1n) is 5.19. The van der Waals surface area contributed by atoms with Crippen molar-refractivity contribution in [3.8, 4) is 5.88 Å². The van der Waals surface area contributed by atoms with Gasteiger partial charge in [0.2, 0.25) is 5.88 Å². The third kappa shape index (κ3) is 2.53. The molecular formula is C12H11BrN2O3. The van der Waals surface area contributed by atoms with Crippen molar-refractivity contribution in [3.63, 3.8) is 0 Å². The number of benzene rings is 1. The number of hydrogen-bond donors (Lipinski definition) is 1. The number of methoxy groups -OCH3 is 1. The maximum atomic E-state index is 11.0. The number of rotatable bonds is 4. The largest absolute Gasteiger partial charge is 0.481 e. The number of carboxylic acid groups (broad SMARTS) is 1. The van der Waals surface area contributed by atoms with Crippen LogP contribution in [0.2, 0.25) is 0 Å². The lowest BCUT2D eigenvalue weighted by Gasteiger charge is -2.07. The van der Waals surface area contributed by atoms with E-state index in [0.29, 0.717) is 6.54 Å². The van der Waals surface area contributed by atoms with Gasteiger partial charge in [0, 0.05) is 4.47 Å². The van der Waals surface area contributed by atoms with Gasteiger partial charge in [0.1, 0.15) is 5.56 Å². The molecule has 1 heterocycles. The summed E-state index contributed by atoms with van der Waals surface area (Å²) in [5, 5.41) is 13.0. The highest BCUT2D eigenvalue weighted by atomic mass is 79.9. The average molecular weight is 311 g/mol. The van der Waals surface area contributed by atoms with E-state index in [1.807, 2.05) is 24.3 Å². The molecule has 0 saturated carbocycles. The first kappa shape index (κ1) is 12.6. The molecule has 5 nitrogen and oxygen atoms in total. The number of ether oxygens (including phenoxy) is 1. The van der Waals surface area contributed by atoms with E-state index in [0.717, 1.165) is 10.0 Å². The van der Waals surface area contributed by atoms with Crippen LogP contribution < -0.4 is 4.74 Å². The SMILES string of the molecule is COc1c(C(=O)O)cnn1Cc1cccc(Br)c1. The van der Waals surface area contributed by atoms with E-state index in [9.17, 15) is 4.79 Å². The van der Waals surface area contributed by atoms with Crippen LogP contribution in [0.15, 0.2) is 34.9 Å². The molecule has 0 aliphatic carbocycles. The Morgan fingerprint density at radius 2 is 2.33 bits per heavy atom. The van der Waals surface area contributed by atoms with E-state index in [1.165, 1.54) is 18.0 Å². The van der Waals surface area contributed by atoms with Gasteiger partial charge in [-0.05, 0) is 17.7 Å². The smallest absolute Gasteiger partial charge is 0.342 e. The predicted octanol–water partition coefficient (Wildman–Crippen LogP) is 2.40. The van der Waals surface area contributed by atoms with Crippen LogP contribution in [0.5, 0.6) is 5.88 Å². The predicted molar refractivity (Wildman–Crippen MR) is 69.0 cm³/mol. The number of nitrogens with zero attached hydrogens (tertiary/aromatic N) is 2. The molecule has 1 aromatic heterocycles.